The van der Waals surface area contributed by atoms with Crippen molar-refractivity contribution in [2.75, 3.05) is 12.4 Å². The molecule has 0 aliphatic carbocycles. The standard InChI is InChI=1S/C12H17N/c1-5-10-7-11(6-2)9(3)12(8-10)13-4/h5,7-8,13H,1,6H2,2-4H3. The number of nitrogens with one attached hydrogen (secondary N) is 1. The van der Waals surface area contributed by atoms with E-state index in [1.807, 2.05) is 13.1 Å². The van der Waals surface area contributed by atoms with Crippen LogP contribution in [0.2, 0.25) is 0 Å². The molecule has 13 heavy (non-hydrogen) atoms. The van der Waals surface area contributed by atoms with E-state index in [4.69, 9.17) is 0 Å². The van der Waals surface area contributed by atoms with Crippen LogP contribution in [0.5, 0.6) is 0 Å². The molecule has 0 spiro atoms. The molecule has 1 aromatic rings. The van der Waals surface area contributed by atoms with Gasteiger partial charge in [-0.15, -0.1) is 0 Å². The lowest BCUT2D eigenvalue weighted by molar-refractivity contribution is 1.11. The Hall–Kier alpha value is -1.24. The molecule has 1 N–H and O–H groups in total. The highest BCUT2D eigenvalue weighted by molar-refractivity contribution is 5.62. The topological polar surface area (TPSA) is 12.0 Å². The summed E-state index contributed by atoms with van der Waals surface area (Å²) in [4.78, 5) is 0. The van der Waals surface area contributed by atoms with E-state index in [0.29, 0.717) is 0 Å². The summed E-state index contributed by atoms with van der Waals surface area (Å²) >= 11 is 0. The molecule has 1 nitrogen and oxygen atoms in total. The number of benzene rings is 1. The zero-order chi connectivity index (χ0) is 9.84. The maximum absolute atomic E-state index is 3.78. The predicted molar refractivity (Wildman–Crippen MR) is 60.2 cm³/mol. The minimum atomic E-state index is 1.07. The first-order chi connectivity index (χ1) is 6.22. The molecular weight excluding hydrogens is 158 g/mol. The second-order valence-electron chi connectivity index (χ2n) is 3.16. The average Bonchev–Trinajstić information content (AvgIpc) is 2.18. The van der Waals surface area contributed by atoms with Crippen molar-refractivity contribution in [3.63, 3.8) is 0 Å². The summed E-state index contributed by atoms with van der Waals surface area (Å²) in [5.41, 5.74) is 5.12. The Balaban J connectivity index is 3.28. The Labute approximate surface area is 80.5 Å². The largest absolute Gasteiger partial charge is 0.388 e. The Morgan fingerprint density at radius 2 is 2.15 bits per heavy atom. The lowest BCUT2D eigenvalue weighted by Gasteiger charge is -2.11. The fourth-order valence-corrected chi connectivity index (χ4v) is 1.54. The van der Waals surface area contributed by atoms with Gasteiger partial charge in [-0.25, -0.2) is 0 Å². The van der Waals surface area contributed by atoms with Gasteiger partial charge in [-0.2, -0.15) is 0 Å². The van der Waals surface area contributed by atoms with Crippen molar-refractivity contribution < 1.29 is 0 Å². The van der Waals surface area contributed by atoms with Gasteiger partial charge in [-0.05, 0) is 36.1 Å². The van der Waals surface area contributed by atoms with E-state index >= 15 is 0 Å². The summed E-state index contributed by atoms with van der Waals surface area (Å²) in [6.07, 6.45) is 2.96. The van der Waals surface area contributed by atoms with Gasteiger partial charge in [0.25, 0.3) is 0 Å². The second kappa shape index (κ2) is 4.13. The van der Waals surface area contributed by atoms with Crippen molar-refractivity contribution in [3.8, 4) is 0 Å². The SMILES string of the molecule is C=Cc1cc(CC)c(C)c(NC)c1. The summed E-state index contributed by atoms with van der Waals surface area (Å²) in [5.74, 6) is 0. The maximum atomic E-state index is 3.78. The summed E-state index contributed by atoms with van der Waals surface area (Å²) in [6.45, 7) is 8.11. The van der Waals surface area contributed by atoms with Crippen LogP contribution in [0, 0.1) is 6.92 Å². The van der Waals surface area contributed by atoms with Gasteiger partial charge in [0.15, 0.2) is 0 Å². The first-order valence-corrected chi connectivity index (χ1v) is 4.66. The van der Waals surface area contributed by atoms with Crippen molar-refractivity contribution in [3.05, 3.63) is 35.4 Å². The highest BCUT2D eigenvalue weighted by Crippen LogP contribution is 2.22. The van der Waals surface area contributed by atoms with E-state index in [1.165, 1.54) is 22.4 Å². The molecule has 0 amide bonds. The lowest BCUT2D eigenvalue weighted by atomic mass is 10.0. The summed E-state index contributed by atoms with van der Waals surface area (Å²) in [6, 6.07) is 4.32. The van der Waals surface area contributed by atoms with Crippen LogP contribution < -0.4 is 5.32 Å². The van der Waals surface area contributed by atoms with Gasteiger partial charge < -0.3 is 5.32 Å². The van der Waals surface area contributed by atoms with Crippen molar-refractivity contribution in [1.29, 1.82) is 0 Å². The zero-order valence-electron chi connectivity index (χ0n) is 8.65. The normalized spacial score (nSPS) is 9.77. The Morgan fingerprint density at radius 3 is 2.62 bits per heavy atom. The minimum Gasteiger partial charge on any atom is -0.388 e. The molecule has 0 radical (unpaired) electrons. The molecule has 1 aromatic carbocycles. The van der Waals surface area contributed by atoms with Crippen LogP contribution in [0.15, 0.2) is 18.7 Å². The summed E-state index contributed by atoms with van der Waals surface area (Å²) in [7, 11) is 1.95. The molecule has 1 heteroatoms. The van der Waals surface area contributed by atoms with Crippen LogP contribution in [0.4, 0.5) is 5.69 Å². The van der Waals surface area contributed by atoms with Crippen LogP contribution in [0.3, 0.4) is 0 Å². The first kappa shape index (κ1) is 9.85. The van der Waals surface area contributed by atoms with E-state index in [2.05, 4.69) is 37.9 Å². The van der Waals surface area contributed by atoms with Gasteiger partial charge in [-0.1, -0.05) is 25.6 Å². The van der Waals surface area contributed by atoms with Crippen LogP contribution >= 0.6 is 0 Å². The average molecular weight is 175 g/mol. The molecule has 0 saturated carbocycles. The van der Waals surface area contributed by atoms with Crippen molar-refractivity contribution >= 4 is 11.8 Å². The van der Waals surface area contributed by atoms with Gasteiger partial charge in [-0.3, -0.25) is 0 Å². The molecule has 0 aromatic heterocycles. The highest BCUT2D eigenvalue weighted by atomic mass is 14.8. The second-order valence-corrected chi connectivity index (χ2v) is 3.16. The van der Waals surface area contributed by atoms with Gasteiger partial charge in [0.2, 0.25) is 0 Å². The molecule has 0 saturated heterocycles. The summed E-state index contributed by atoms with van der Waals surface area (Å²) < 4.78 is 0. The third kappa shape index (κ3) is 1.92. The predicted octanol–water partition coefficient (Wildman–Crippen LogP) is 3.24. The van der Waals surface area contributed by atoms with Gasteiger partial charge in [0, 0.05) is 12.7 Å². The third-order valence-electron chi connectivity index (χ3n) is 2.42. The van der Waals surface area contributed by atoms with Gasteiger partial charge >= 0.3 is 0 Å². The van der Waals surface area contributed by atoms with Crippen LogP contribution in [-0.2, 0) is 6.42 Å². The number of anilines is 1. The zero-order valence-corrected chi connectivity index (χ0v) is 8.65. The van der Waals surface area contributed by atoms with E-state index in [0.717, 1.165) is 6.42 Å². The molecule has 0 unspecified atom stereocenters. The maximum Gasteiger partial charge on any atom is 0.0376 e. The van der Waals surface area contributed by atoms with Crippen molar-refractivity contribution in [1.82, 2.24) is 0 Å². The van der Waals surface area contributed by atoms with Crippen molar-refractivity contribution in [2.45, 2.75) is 20.3 Å². The number of rotatable bonds is 3. The number of hydrogen-bond donors (Lipinski definition) is 1. The fourth-order valence-electron chi connectivity index (χ4n) is 1.54. The number of hydrogen-bond acceptors (Lipinski definition) is 1. The van der Waals surface area contributed by atoms with Crippen LogP contribution in [0.1, 0.15) is 23.6 Å². The molecule has 0 aliphatic rings. The summed E-state index contributed by atoms with van der Waals surface area (Å²) in [5, 5.41) is 3.20. The van der Waals surface area contributed by atoms with E-state index in [9.17, 15) is 0 Å². The highest BCUT2D eigenvalue weighted by Gasteiger charge is 2.02. The Morgan fingerprint density at radius 1 is 1.46 bits per heavy atom. The Kier molecular flexibility index (Phi) is 3.13. The van der Waals surface area contributed by atoms with Crippen LogP contribution in [-0.4, -0.2) is 7.05 Å². The van der Waals surface area contributed by atoms with Gasteiger partial charge in [0.05, 0.1) is 0 Å². The molecule has 0 aliphatic heterocycles. The monoisotopic (exact) mass is 175 g/mol. The lowest BCUT2D eigenvalue weighted by Crippen LogP contribution is -1.96. The molecule has 0 heterocycles. The molecule has 1 rings (SSSR count). The van der Waals surface area contributed by atoms with E-state index in [-0.39, 0.29) is 0 Å². The molecule has 0 fully saturated rings. The molecule has 0 atom stereocenters. The van der Waals surface area contributed by atoms with Crippen LogP contribution in [0.25, 0.3) is 6.08 Å². The quantitative estimate of drug-likeness (QED) is 0.743. The Bertz CT molecular complexity index is 288. The minimum absolute atomic E-state index is 1.07. The molecule has 0 bridgehead atoms. The van der Waals surface area contributed by atoms with Gasteiger partial charge in [0.1, 0.15) is 0 Å². The van der Waals surface area contributed by atoms with Crippen molar-refractivity contribution in [2.24, 2.45) is 0 Å². The van der Waals surface area contributed by atoms with E-state index in [1.54, 1.807) is 0 Å². The number of aryl methyl sites for hydroxylation is 1. The fraction of sp³-hybridized carbons (Fsp3) is 0.333. The molecule has 70 valence electrons. The third-order valence-corrected chi connectivity index (χ3v) is 2.42. The first-order valence-electron chi connectivity index (χ1n) is 4.66. The molecular formula is C12H17N. The van der Waals surface area contributed by atoms with E-state index < -0.39 is 0 Å². The smallest absolute Gasteiger partial charge is 0.0376 e.